The Labute approximate surface area is 161 Å². The summed E-state index contributed by atoms with van der Waals surface area (Å²) >= 11 is 5.95. The molecule has 2 aromatic carbocycles. The van der Waals surface area contributed by atoms with Gasteiger partial charge in [-0.15, -0.1) is 0 Å². The van der Waals surface area contributed by atoms with Crippen LogP contribution in [0.15, 0.2) is 45.7 Å². The van der Waals surface area contributed by atoms with Crippen molar-refractivity contribution in [1.29, 1.82) is 0 Å². The number of piperidine rings is 1. The van der Waals surface area contributed by atoms with Crippen molar-refractivity contribution in [1.82, 2.24) is 4.90 Å². The van der Waals surface area contributed by atoms with Crippen molar-refractivity contribution in [3.63, 3.8) is 0 Å². The van der Waals surface area contributed by atoms with Crippen LogP contribution in [0.3, 0.4) is 0 Å². The van der Waals surface area contributed by atoms with Crippen LogP contribution in [-0.2, 0) is 19.6 Å². The van der Waals surface area contributed by atoms with E-state index in [1.807, 2.05) is 0 Å². The van der Waals surface area contributed by atoms with Gasteiger partial charge in [0, 0.05) is 17.8 Å². The molecule has 3 rings (SSSR count). The monoisotopic (exact) mass is 408 g/mol. The molecule has 0 spiro atoms. The highest BCUT2D eigenvalue weighted by Gasteiger charge is 2.29. The van der Waals surface area contributed by atoms with E-state index >= 15 is 0 Å². The molecule has 2 aromatic rings. The molecular formula is C18H17ClN2O5S. The number of sulfonamides is 1. The molecule has 0 bridgehead atoms. The number of hydrogen-bond acceptors (Lipinski definition) is 4. The van der Waals surface area contributed by atoms with Gasteiger partial charge in [-0.2, -0.15) is 12.8 Å². The molecule has 142 valence electrons. The molecule has 1 heterocycles. The largest absolute Gasteiger partial charge is 0.480 e. The third-order valence-corrected chi connectivity index (χ3v) is 5.83. The number of rotatable bonds is 5. The van der Waals surface area contributed by atoms with E-state index < -0.39 is 34.4 Å². The SMILES string of the molecule is O=C(O)CN1CCCC(/C=N/S(=O)(=O)c2ccc3ccc(Cl)cc3c2)C1=O. The highest BCUT2D eigenvalue weighted by atomic mass is 35.5. The zero-order valence-electron chi connectivity index (χ0n) is 14.2. The lowest BCUT2D eigenvalue weighted by Crippen LogP contribution is -2.44. The van der Waals surface area contributed by atoms with Crippen molar-refractivity contribution in [2.45, 2.75) is 17.7 Å². The minimum Gasteiger partial charge on any atom is -0.480 e. The molecule has 1 aliphatic heterocycles. The molecule has 1 unspecified atom stereocenters. The van der Waals surface area contributed by atoms with E-state index in [4.69, 9.17) is 16.7 Å². The van der Waals surface area contributed by atoms with Gasteiger partial charge >= 0.3 is 5.97 Å². The third kappa shape index (κ3) is 4.45. The molecule has 1 N–H and O–H groups in total. The molecule has 9 heteroatoms. The van der Waals surface area contributed by atoms with E-state index in [0.29, 0.717) is 29.8 Å². The summed E-state index contributed by atoms with van der Waals surface area (Å²) in [7, 11) is -3.99. The van der Waals surface area contributed by atoms with E-state index in [2.05, 4.69) is 4.40 Å². The molecule has 1 aliphatic rings. The second-order valence-electron chi connectivity index (χ2n) is 6.29. The first-order valence-corrected chi connectivity index (χ1v) is 10.1. The quantitative estimate of drug-likeness (QED) is 0.765. The zero-order chi connectivity index (χ0) is 19.6. The minimum absolute atomic E-state index is 0.000771. The van der Waals surface area contributed by atoms with Gasteiger partial charge in [-0.1, -0.05) is 23.7 Å². The van der Waals surface area contributed by atoms with Crippen molar-refractivity contribution in [2.24, 2.45) is 10.3 Å². The number of hydrogen-bond donors (Lipinski definition) is 1. The maximum atomic E-state index is 12.5. The molecule has 1 saturated heterocycles. The molecule has 1 atom stereocenters. The van der Waals surface area contributed by atoms with Crippen LogP contribution < -0.4 is 0 Å². The summed E-state index contributed by atoms with van der Waals surface area (Å²) in [6, 6.07) is 9.75. The number of likely N-dealkylation sites (tertiary alicyclic amines) is 1. The lowest BCUT2D eigenvalue weighted by Gasteiger charge is -2.29. The molecule has 0 saturated carbocycles. The molecular weight excluding hydrogens is 392 g/mol. The summed E-state index contributed by atoms with van der Waals surface area (Å²) in [5.41, 5.74) is 0. The summed E-state index contributed by atoms with van der Waals surface area (Å²) in [6.07, 6.45) is 2.12. The topological polar surface area (TPSA) is 104 Å². The Balaban J connectivity index is 1.83. The van der Waals surface area contributed by atoms with Crippen LogP contribution in [0, 0.1) is 5.92 Å². The molecule has 0 radical (unpaired) electrons. The third-order valence-electron chi connectivity index (χ3n) is 4.35. The number of amides is 1. The highest BCUT2D eigenvalue weighted by molar-refractivity contribution is 7.90. The molecule has 7 nitrogen and oxygen atoms in total. The molecule has 0 aromatic heterocycles. The van der Waals surface area contributed by atoms with E-state index in [9.17, 15) is 18.0 Å². The highest BCUT2D eigenvalue weighted by Crippen LogP contribution is 2.24. The van der Waals surface area contributed by atoms with Crippen LogP contribution in [0.25, 0.3) is 10.8 Å². The second kappa shape index (κ2) is 7.66. The minimum atomic E-state index is -3.99. The van der Waals surface area contributed by atoms with Gasteiger partial charge in [0.1, 0.15) is 6.54 Å². The molecule has 1 amide bonds. The van der Waals surface area contributed by atoms with Crippen molar-refractivity contribution in [3.8, 4) is 0 Å². The molecule has 27 heavy (non-hydrogen) atoms. The van der Waals surface area contributed by atoms with E-state index in [1.165, 1.54) is 17.0 Å². The average molecular weight is 409 g/mol. The van der Waals surface area contributed by atoms with Gasteiger partial charge in [-0.3, -0.25) is 9.59 Å². The number of carbonyl (C=O) groups excluding carboxylic acids is 1. The lowest BCUT2D eigenvalue weighted by molar-refractivity contribution is -0.146. The number of benzene rings is 2. The van der Waals surface area contributed by atoms with E-state index in [1.54, 1.807) is 24.3 Å². The Morgan fingerprint density at radius 2 is 2.00 bits per heavy atom. The van der Waals surface area contributed by atoms with Crippen LogP contribution in [-0.4, -0.2) is 49.6 Å². The van der Waals surface area contributed by atoms with Gasteiger partial charge in [-0.05, 0) is 47.9 Å². The molecule has 0 aliphatic carbocycles. The first-order valence-electron chi connectivity index (χ1n) is 8.27. The van der Waals surface area contributed by atoms with Crippen LogP contribution in [0.4, 0.5) is 0 Å². The van der Waals surface area contributed by atoms with Crippen LogP contribution in [0.1, 0.15) is 12.8 Å². The zero-order valence-corrected chi connectivity index (χ0v) is 15.8. The lowest BCUT2D eigenvalue weighted by atomic mass is 9.98. The van der Waals surface area contributed by atoms with Gasteiger partial charge in [0.15, 0.2) is 0 Å². The Morgan fingerprint density at radius 1 is 1.26 bits per heavy atom. The first kappa shape index (κ1) is 19.3. The predicted octanol–water partition coefficient (Wildman–Crippen LogP) is 2.58. The normalized spacial score (nSPS) is 18.3. The van der Waals surface area contributed by atoms with Crippen molar-refractivity contribution >= 4 is 50.5 Å². The van der Waals surface area contributed by atoms with Crippen LogP contribution in [0.5, 0.6) is 0 Å². The van der Waals surface area contributed by atoms with Crippen molar-refractivity contribution in [3.05, 3.63) is 41.4 Å². The second-order valence-corrected chi connectivity index (χ2v) is 8.35. The Hall–Kier alpha value is -2.45. The van der Waals surface area contributed by atoms with Gasteiger partial charge in [0.25, 0.3) is 10.0 Å². The number of halogens is 1. The predicted molar refractivity (Wildman–Crippen MR) is 102 cm³/mol. The summed E-state index contributed by atoms with van der Waals surface area (Å²) in [4.78, 5) is 24.3. The van der Waals surface area contributed by atoms with Crippen molar-refractivity contribution < 1.29 is 23.1 Å². The fourth-order valence-corrected chi connectivity index (χ4v) is 4.12. The number of fused-ring (bicyclic) bond motifs is 1. The number of carboxylic acid groups (broad SMARTS) is 1. The van der Waals surface area contributed by atoms with Crippen LogP contribution in [0.2, 0.25) is 5.02 Å². The Bertz CT molecular complexity index is 1040. The number of carboxylic acids is 1. The Kier molecular flexibility index (Phi) is 5.48. The maximum absolute atomic E-state index is 12.5. The smallest absolute Gasteiger partial charge is 0.323 e. The number of carbonyl (C=O) groups is 2. The average Bonchev–Trinajstić information content (AvgIpc) is 2.61. The van der Waals surface area contributed by atoms with Gasteiger partial charge in [0.2, 0.25) is 5.91 Å². The standard InChI is InChI=1S/C18H17ClN2O5S/c19-15-5-3-12-4-6-16(9-14(12)8-15)27(25,26)20-10-13-2-1-7-21(18(13)24)11-17(22)23/h3-6,8-10,13H,1-2,7,11H2,(H,22,23)/b20-10+. The maximum Gasteiger partial charge on any atom is 0.323 e. The van der Waals surface area contributed by atoms with E-state index in [-0.39, 0.29) is 4.90 Å². The molecule has 1 fully saturated rings. The van der Waals surface area contributed by atoms with Crippen LogP contribution >= 0.6 is 11.6 Å². The fourth-order valence-electron chi connectivity index (χ4n) is 3.00. The summed E-state index contributed by atoms with van der Waals surface area (Å²) < 4.78 is 28.7. The number of aliphatic carboxylic acids is 1. The van der Waals surface area contributed by atoms with Gasteiger partial charge in [0.05, 0.1) is 10.8 Å². The summed E-state index contributed by atoms with van der Waals surface area (Å²) in [5.74, 6) is -2.28. The van der Waals surface area contributed by atoms with Gasteiger partial charge < -0.3 is 10.0 Å². The number of nitrogens with zero attached hydrogens (tertiary/aromatic N) is 2. The van der Waals surface area contributed by atoms with Crippen molar-refractivity contribution in [2.75, 3.05) is 13.1 Å². The first-order chi connectivity index (χ1) is 12.8. The van der Waals surface area contributed by atoms with E-state index in [0.717, 1.165) is 11.6 Å². The summed E-state index contributed by atoms with van der Waals surface area (Å²) in [6.45, 7) is -0.0605. The Morgan fingerprint density at radius 3 is 2.74 bits per heavy atom. The van der Waals surface area contributed by atoms with Gasteiger partial charge in [-0.25, -0.2) is 0 Å². The summed E-state index contributed by atoms with van der Waals surface area (Å²) in [5, 5.41) is 10.9. The fraction of sp³-hybridized carbons (Fsp3) is 0.278.